The minimum Gasteiger partial charge on any atom is -0.494 e. The molecule has 34 heavy (non-hydrogen) atoms. The Morgan fingerprint density at radius 3 is 2.41 bits per heavy atom. The number of anilines is 1. The largest absolute Gasteiger partial charge is 0.494 e. The lowest BCUT2D eigenvalue weighted by Crippen LogP contribution is -2.38. The van der Waals surface area contributed by atoms with Crippen molar-refractivity contribution >= 4 is 32.4 Å². The van der Waals surface area contributed by atoms with Crippen molar-refractivity contribution in [3.05, 3.63) is 59.5 Å². The van der Waals surface area contributed by atoms with E-state index in [1.807, 2.05) is 36.6 Å². The molecule has 0 spiro atoms. The molecule has 1 N–H and O–H groups in total. The molecule has 0 atom stereocenters. The molecule has 1 aliphatic carbocycles. The summed E-state index contributed by atoms with van der Waals surface area (Å²) >= 11 is 1.33. The van der Waals surface area contributed by atoms with Crippen molar-refractivity contribution in [1.82, 2.24) is 9.29 Å². The van der Waals surface area contributed by atoms with Crippen LogP contribution in [-0.2, 0) is 10.0 Å². The fourth-order valence-corrected chi connectivity index (χ4v) is 6.24. The zero-order chi connectivity index (χ0) is 24.1. The van der Waals surface area contributed by atoms with Crippen molar-refractivity contribution in [3.8, 4) is 17.0 Å². The first-order chi connectivity index (χ1) is 16.4. The minimum absolute atomic E-state index is 0.0381. The Kier molecular flexibility index (Phi) is 7.65. The van der Waals surface area contributed by atoms with E-state index >= 15 is 0 Å². The van der Waals surface area contributed by atoms with Crippen LogP contribution in [0.4, 0.5) is 5.13 Å². The molecule has 0 bridgehead atoms. The van der Waals surface area contributed by atoms with Crippen LogP contribution in [0.1, 0.15) is 49.4 Å². The van der Waals surface area contributed by atoms with Gasteiger partial charge in [-0.2, -0.15) is 4.31 Å². The van der Waals surface area contributed by atoms with Crippen LogP contribution in [0.3, 0.4) is 0 Å². The predicted octanol–water partition coefficient (Wildman–Crippen LogP) is 5.41. The molecule has 1 aromatic heterocycles. The van der Waals surface area contributed by atoms with E-state index in [0.717, 1.165) is 49.1 Å². The first-order valence-electron chi connectivity index (χ1n) is 11.5. The molecular formula is C25H29N3O4S2. The van der Waals surface area contributed by atoms with Gasteiger partial charge < -0.3 is 4.74 Å². The van der Waals surface area contributed by atoms with Crippen LogP contribution < -0.4 is 10.1 Å². The highest BCUT2D eigenvalue weighted by molar-refractivity contribution is 7.89. The molecule has 2 aromatic carbocycles. The monoisotopic (exact) mass is 499 g/mol. The molecule has 1 fully saturated rings. The number of carbonyl (C=O) groups is 1. The Balaban J connectivity index is 1.41. The van der Waals surface area contributed by atoms with E-state index in [-0.39, 0.29) is 16.8 Å². The van der Waals surface area contributed by atoms with Gasteiger partial charge >= 0.3 is 0 Å². The minimum atomic E-state index is -3.59. The van der Waals surface area contributed by atoms with Crippen molar-refractivity contribution in [3.63, 3.8) is 0 Å². The van der Waals surface area contributed by atoms with E-state index in [0.29, 0.717) is 17.3 Å². The summed E-state index contributed by atoms with van der Waals surface area (Å²) in [5.74, 6) is 0.461. The lowest BCUT2D eigenvalue weighted by molar-refractivity contribution is 0.102. The number of benzene rings is 2. The Morgan fingerprint density at radius 2 is 1.76 bits per heavy atom. The molecule has 9 heteroatoms. The average molecular weight is 500 g/mol. The van der Waals surface area contributed by atoms with E-state index in [1.165, 1.54) is 39.9 Å². The van der Waals surface area contributed by atoms with Gasteiger partial charge in [0, 0.05) is 29.6 Å². The topological polar surface area (TPSA) is 88.6 Å². The smallest absolute Gasteiger partial charge is 0.257 e. The lowest BCUT2D eigenvalue weighted by atomic mass is 9.96. The second-order valence-corrected chi connectivity index (χ2v) is 11.1. The molecule has 7 nitrogen and oxygen atoms in total. The summed E-state index contributed by atoms with van der Waals surface area (Å²) in [5, 5.41) is 5.15. The number of nitrogens with zero attached hydrogens (tertiary/aromatic N) is 2. The molecule has 0 radical (unpaired) electrons. The van der Waals surface area contributed by atoms with E-state index in [4.69, 9.17) is 4.74 Å². The van der Waals surface area contributed by atoms with Crippen molar-refractivity contribution in [1.29, 1.82) is 0 Å². The van der Waals surface area contributed by atoms with E-state index in [2.05, 4.69) is 10.3 Å². The maximum absolute atomic E-state index is 13.0. The number of hydrogen-bond donors (Lipinski definition) is 1. The van der Waals surface area contributed by atoms with Gasteiger partial charge in [-0.1, -0.05) is 19.3 Å². The molecule has 1 aliphatic rings. The summed E-state index contributed by atoms with van der Waals surface area (Å²) in [6, 6.07) is 13.7. The SMILES string of the molecule is CCOc1ccc(-c2csc(NC(=O)c3ccc(S(=O)(=O)N(C)C4CCCCC4)cc3)n2)cc1. The van der Waals surface area contributed by atoms with Gasteiger partial charge in [-0.05, 0) is 68.3 Å². The van der Waals surface area contributed by atoms with Gasteiger partial charge in [0.05, 0.1) is 17.2 Å². The zero-order valence-corrected chi connectivity index (χ0v) is 21.0. The number of carbonyl (C=O) groups excluding carboxylic acids is 1. The molecule has 1 saturated carbocycles. The third-order valence-corrected chi connectivity index (χ3v) is 8.75. The molecule has 1 heterocycles. The number of rotatable bonds is 8. The summed E-state index contributed by atoms with van der Waals surface area (Å²) in [4.78, 5) is 17.4. The normalized spacial score (nSPS) is 14.8. The van der Waals surface area contributed by atoms with Crippen LogP contribution in [0.15, 0.2) is 58.8 Å². The van der Waals surface area contributed by atoms with E-state index in [1.54, 1.807) is 7.05 Å². The second-order valence-electron chi connectivity index (χ2n) is 8.29. The zero-order valence-electron chi connectivity index (χ0n) is 19.4. The van der Waals surface area contributed by atoms with Crippen LogP contribution in [0.2, 0.25) is 0 Å². The quantitative estimate of drug-likeness (QED) is 0.447. The van der Waals surface area contributed by atoms with Crippen LogP contribution in [0.5, 0.6) is 5.75 Å². The predicted molar refractivity (Wildman–Crippen MR) is 135 cm³/mol. The summed E-state index contributed by atoms with van der Waals surface area (Å²) in [6.07, 6.45) is 5.06. The van der Waals surface area contributed by atoms with Gasteiger partial charge in [-0.25, -0.2) is 13.4 Å². The van der Waals surface area contributed by atoms with Gasteiger partial charge in [-0.15, -0.1) is 11.3 Å². The summed E-state index contributed by atoms with van der Waals surface area (Å²) in [6.45, 7) is 2.54. The van der Waals surface area contributed by atoms with Gasteiger partial charge in [0.1, 0.15) is 5.75 Å². The third kappa shape index (κ3) is 5.48. The Morgan fingerprint density at radius 1 is 1.09 bits per heavy atom. The van der Waals surface area contributed by atoms with Crippen LogP contribution >= 0.6 is 11.3 Å². The molecule has 0 saturated heterocycles. The number of sulfonamides is 1. The number of hydrogen-bond acceptors (Lipinski definition) is 6. The summed E-state index contributed by atoms with van der Waals surface area (Å²) in [5.41, 5.74) is 2.06. The van der Waals surface area contributed by atoms with Crippen molar-refractivity contribution in [2.24, 2.45) is 0 Å². The molecule has 4 rings (SSSR count). The molecule has 3 aromatic rings. The maximum Gasteiger partial charge on any atom is 0.257 e. The van der Waals surface area contributed by atoms with Crippen LogP contribution in [-0.4, -0.2) is 43.3 Å². The van der Waals surface area contributed by atoms with E-state index < -0.39 is 10.0 Å². The first kappa shape index (κ1) is 24.4. The molecular weight excluding hydrogens is 470 g/mol. The Bertz CT molecular complexity index is 1220. The fraction of sp³-hybridized carbons (Fsp3) is 0.360. The third-order valence-electron chi connectivity index (χ3n) is 6.07. The van der Waals surface area contributed by atoms with E-state index in [9.17, 15) is 13.2 Å². The average Bonchev–Trinajstić information content (AvgIpc) is 3.33. The van der Waals surface area contributed by atoms with Crippen molar-refractivity contribution < 1.29 is 17.9 Å². The highest BCUT2D eigenvalue weighted by atomic mass is 32.2. The standard InChI is InChI=1S/C25H29N3O4S2/c1-3-32-21-13-9-18(10-14-21)23-17-33-25(26-23)27-24(29)19-11-15-22(16-12-19)34(30,31)28(2)20-7-5-4-6-8-20/h9-17,20H,3-8H2,1-2H3,(H,26,27,29). The van der Waals surface area contributed by atoms with Gasteiger partial charge in [0.2, 0.25) is 10.0 Å². The van der Waals surface area contributed by atoms with Crippen LogP contribution in [0, 0.1) is 0 Å². The van der Waals surface area contributed by atoms with Gasteiger partial charge in [0.15, 0.2) is 5.13 Å². The number of amides is 1. The summed E-state index contributed by atoms with van der Waals surface area (Å²) < 4.78 is 33.0. The van der Waals surface area contributed by atoms with Gasteiger partial charge in [0.25, 0.3) is 5.91 Å². The summed E-state index contributed by atoms with van der Waals surface area (Å²) in [7, 11) is -1.94. The maximum atomic E-state index is 13.0. The molecule has 0 aliphatic heterocycles. The highest BCUT2D eigenvalue weighted by Crippen LogP contribution is 2.28. The molecule has 1 amide bonds. The van der Waals surface area contributed by atoms with Crippen LogP contribution in [0.25, 0.3) is 11.3 Å². The number of thiazole rings is 1. The second kappa shape index (κ2) is 10.7. The number of nitrogens with one attached hydrogen (secondary N) is 1. The van der Waals surface area contributed by atoms with Crippen molar-refractivity contribution in [2.45, 2.75) is 50.0 Å². The lowest BCUT2D eigenvalue weighted by Gasteiger charge is -2.30. The fourth-order valence-electron chi connectivity index (χ4n) is 4.11. The molecule has 0 unspecified atom stereocenters. The number of ether oxygens (including phenoxy) is 1. The number of aromatic nitrogens is 1. The molecule has 180 valence electrons. The Labute approximate surface area is 204 Å². The first-order valence-corrected chi connectivity index (χ1v) is 13.8. The van der Waals surface area contributed by atoms with Crippen molar-refractivity contribution in [2.75, 3.05) is 19.0 Å². The van der Waals surface area contributed by atoms with Gasteiger partial charge in [-0.3, -0.25) is 10.1 Å². The Hall–Kier alpha value is -2.75. The highest BCUT2D eigenvalue weighted by Gasteiger charge is 2.29.